The van der Waals surface area contributed by atoms with Crippen LogP contribution in [0.4, 0.5) is 0 Å². The fourth-order valence-electron chi connectivity index (χ4n) is 1.14. The molecule has 0 aliphatic heterocycles. The van der Waals surface area contributed by atoms with Crippen LogP contribution in [-0.2, 0) is 0 Å². The molecule has 0 unspecified atom stereocenters. The lowest BCUT2D eigenvalue weighted by Gasteiger charge is -1.89. The Balaban J connectivity index is 0. The van der Waals surface area contributed by atoms with Gasteiger partial charge in [-0.05, 0) is 45.9 Å². The number of aromatic nitrogens is 2. The van der Waals surface area contributed by atoms with Gasteiger partial charge in [0.15, 0.2) is 0 Å². The van der Waals surface area contributed by atoms with Crippen LogP contribution in [0.15, 0.2) is 24.5 Å². The van der Waals surface area contributed by atoms with Crippen LogP contribution in [0.1, 0.15) is 48.8 Å². The van der Waals surface area contributed by atoms with Crippen molar-refractivity contribution >= 4 is 11.3 Å². The topological polar surface area (TPSA) is 25.8 Å². The van der Waals surface area contributed by atoms with Gasteiger partial charge in [-0.2, -0.15) is 0 Å². The molecular weight excluding hydrogens is 252 g/mol. The first-order valence-electron chi connectivity index (χ1n) is 6.86. The van der Waals surface area contributed by atoms with Gasteiger partial charge in [-0.3, -0.25) is 0 Å². The Hall–Kier alpha value is -1.22. The molecule has 0 radical (unpaired) electrons. The van der Waals surface area contributed by atoms with Crippen LogP contribution in [-0.4, -0.2) is 9.97 Å². The molecule has 0 aliphatic rings. The molecular formula is C16H28N2S. The Morgan fingerprint density at radius 3 is 1.26 bits per heavy atom. The third-order valence-electron chi connectivity index (χ3n) is 1.82. The number of hydrogen-bond acceptors (Lipinski definition) is 3. The van der Waals surface area contributed by atoms with Gasteiger partial charge in [0.05, 0.1) is 0 Å². The smallest absolute Gasteiger partial charge is 0.115 e. The van der Waals surface area contributed by atoms with Crippen molar-refractivity contribution in [3.8, 4) is 0 Å². The average Bonchev–Trinajstić information content (AvgIpc) is 2.78. The maximum absolute atomic E-state index is 3.93. The molecule has 2 nitrogen and oxygen atoms in total. The predicted molar refractivity (Wildman–Crippen MR) is 88.0 cm³/mol. The number of nitrogens with zero attached hydrogens (tertiary/aromatic N) is 2. The Kier molecular flexibility index (Phi) is 14.0. The maximum Gasteiger partial charge on any atom is 0.115 e. The summed E-state index contributed by atoms with van der Waals surface area (Å²) < 4.78 is 0. The molecule has 19 heavy (non-hydrogen) atoms. The molecule has 2 aromatic heterocycles. The molecule has 2 rings (SSSR count). The molecule has 0 spiro atoms. The van der Waals surface area contributed by atoms with Gasteiger partial charge in [-0.15, -0.1) is 11.3 Å². The van der Waals surface area contributed by atoms with Crippen LogP contribution >= 0.6 is 11.3 Å². The van der Waals surface area contributed by atoms with E-state index < -0.39 is 0 Å². The molecule has 0 bridgehead atoms. The molecule has 3 heteroatoms. The Bertz CT molecular complexity index is 388. The first kappa shape index (κ1) is 20.1. The number of aryl methyl sites for hydroxylation is 4. The van der Waals surface area contributed by atoms with Gasteiger partial charge >= 0.3 is 0 Å². The maximum atomic E-state index is 3.93. The summed E-state index contributed by atoms with van der Waals surface area (Å²) in [4.78, 5) is 10.7. The highest BCUT2D eigenvalue weighted by Gasteiger charge is 1.84. The van der Waals surface area contributed by atoms with Crippen molar-refractivity contribution in [2.75, 3.05) is 0 Å². The highest BCUT2D eigenvalue weighted by molar-refractivity contribution is 7.11. The minimum absolute atomic E-state index is 1.03. The molecule has 0 aromatic carbocycles. The van der Waals surface area contributed by atoms with E-state index in [0.29, 0.717) is 0 Å². The largest absolute Gasteiger partial charge is 0.242 e. The van der Waals surface area contributed by atoms with Gasteiger partial charge in [-0.25, -0.2) is 9.97 Å². The van der Waals surface area contributed by atoms with Gasteiger partial charge in [0.25, 0.3) is 0 Å². The summed E-state index contributed by atoms with van der Waals surface area (Å²) in [5.74, 6) is 0. The van der Waals surface area contributed by atoms with Crippen molar-refractivity contribution in [1.82, 2.24) is 9.97 Å². The fourth-order valence-corrected chi connectivity index (χ4v) is 1.92. The second-order valence-corrected chi connectivity index (χ2v) is 4.95. The summed E-state index contributed by atoms with van der Waals surface area (Å²) >= 11 is 1.84. The quantitative estimate of drug-likeness (QED) is 0.636. The van der Waals surface area contributed by atoms with E-state index >= 15 is 0 Å². The normalized spacial score (nSPS) is 8.00. The van der Waals surface area contributed by atoms with E-state index in [9.17, 15) is 0 Å². The van der Waals surface area contributed by atoms with Crippen LogP contribution in [0.25, 0.3) is 0 Å². The Morgan fingerprint density at radius 2 is 1.11 bits per heavy atom. The third kappa shape index (κ3) is 11.6. The lowest BCUT2D eigenvalue weighted by Crippen LogP contribution is -1.84. The van der Waals surface area contributed by atoms with E-state index in [-0.39, 0.29) is 0 Å². The van der Waals surface area contributed by atoms with Crippen LogP contribution < -0.4 is 0 Å². The van der Waals surface area contributed by atoms with Crippen LogP contribution in [0, 0.1) is 27.7 Å². The minimum atomic E-state index is 1.03. The Labute approximate surface area is 123 Å². The summed E-state index contributed by atoms with van der Waals surface area (Å²) in [6.07, 6.45) is 1.57. The highest BCUT2D eigenvalue weighted by atomic mass is 32.1. The van der Waals surface area contributed by atoms with E-state index in [1.807, 2.05) is 58.9 Å². The van der Waals surface area contributed by atoms with Crippen molar-refractivity contribution in [3.05, 3.63) is 45.7 Å². The van der Waals surface area contributed by atoms with Gasteiger partial charge in [-0.1, -0.05) is 27.7 Å². The minimum Gasteiger partial charge on any atom is -0.242 e. The zero-order valence-electron chi connectivity index (χ0n) is 13.6. The van der Waals surface area contributed by atoms with Crippen molar-refractivity contribution in [1.29, 1.82) is 0 Å². The SMILES string of the molecule is CC.CC.Cc1cc(C)ncn1.Cc1ccc(C)s1. The summed E-state index contributed by atoms with van der Waals surface area (Å²) in [5, 5.41) is 0. The summed E-state index contributed by atoms with van der Waals surface area (Å²) in [6, 6.07) is 6.22. The molecule has 0 saturated heterocycles. The van der Waals surface area contributed by atoms with Crippen molar-refractivity contribution in [2.24, 2.45) is 0 Å². The van der Waals surface area contributed by atoms with Crippen molar-refractivity contribution in [3.63, 3.8) is 0 Å². The van der Waals surface area contributed by atoms with E-state index in [1.165, 1.54) is 9.75 Å². The third-order valence-corrected chi connectivity index (χ3v) is 2.73. The molecule has 0 saturated carbocycles. The number of thiophene rings is 1. The highest BCUT2D eigenvalue weighted by Crippen LogP contribution is 2.12. The van der Waals surface area contributed by atoms with Gasteiger partial charge < -0.3 is 0 Å². The molecule has 108 valence electrons. The second kappa shape index (κ2) is 13.2. The first-order chi connectivity index (χ1) is 9.08. The first-order valence-corrected chi connectivity index (χ1v) is 7.68. The second-order valence-electron chi connectivity index (χ2n) is 3.46. The summed E-state index contributed by atoms with van der Waals surface area (Å²) in [5.41, 5.74) is 2.05. The van der Waals surface area contributed by atoms with Crippen molar-refractivity contribution in [2.45, 2.75) is 55.4 Å². The van der Waals surface area contributed by atoms with Crippen LogP contribution in [0.3, 0.4) is 0 Å². The lowest BCUT2D eigenvalue weighted by molar-refractivity contribution is 1.05. The standard InChI is InChI=1S/C6H8N2.C6H8S.2C2H6/c1-5-3-6(2)8-4-7-5;1-5-3-4-6(2)7-5;2*1-2/h3-4H,1-2H3;3-4H,1-2H3;2*1-2H3. The van der Waals surface area contributed by atoms with E-state index in [1.54, 1.807) is 6.33 Å². The lowest BCUT2D eigenvalue weighted by atomic mass is 10.4. The van der Waals surface area contributed by atoms with Gasteiger partial charge in [0, 0.05) is 21.1 Å². The summed E-state index contributed by atoms with van der Waals surface area (Å²) in [6.45, 7) is 16.2. The van der Waals surface area contributed by atoms with Crippen LogP contribution in [0.5, 0.6) is 0 Å². The molecule has 0 N–H and O–H groups in total. The molecule has 0 aliphatic carbocycles. The monoisotopic (exact) mass is 280 g/mol. The fraction of sp³-hybridized carbons (Fsp3) is 0.500. The zero-order valence-corrected chi connectivity index (χ0v) is 14.4. The Morgan fingerprint density at radius 1 is 0.737 bits per heavy atom. The number of rotatable bonds is 0. The predicted octanol–water partition coefficient (Wildman–Crippen LogP) is 5.51. The number of hydrogen-bond donors (Lipinski definition) is 0. The average molecular weight is 280 g/mol. The van der Waals surface area contributed by atoms with E-state index in [4.69, 9.17) is 0 Å². The summed E-state index contributed by atoms with van der Waals surface area (Å²) in [7, 11) is 0. The van der Waals surface area contributed by atoms with Gasteiger partial charge in [0.2, 0.25) is 0 Å². The molecule has 2 aromatic rings. The molecule has 0 amide bonds. The van der Waals surface area contributed by atoms with E-state index in [0.717, 1.165) is 11.4 Å². The zero-order chi connectivity index (χ0) is 15.3. The molecule has 2 heterocycles. The molecule has 0 atom stereocenters. The molecule has 0 fully saturated rings. The van der Waals surface area contributed by atoms with E-state index in [2.05, 4.69) is 35.9 Å². The van der Waals surface area contributed by atoms with Crippen LogP contribution in [0.2, 0.25) is 0 Å². The van der Waals surface area contributed by atoms with Gasteiger partial charge in [0.1, 0.15) is 6.33 Å². The van der Waals surface area contributed by atoms with Crippen molar-refractivity contribution < 1.29 is 0 Å².